The van der Waals surface area contributed by atoms with Crippen molar-refractivity contribution in [2.24, 2.45) is 0 Å². The molecule has 1 heterocycles. The molecule has 1 aliphatic rings. The number of aliphatic carboxylic acids is 1. The van der Waals surface area contributed by atoms with E-state index in [0.717, 1.165) is 0 Å². The Kier molecular flexibility index (Phi) is 4.89. The zero-order chi connectivity index (χ0) is 12.8. The van der Waals surface area contributed by atoms with Gasteiger partial charge >= 0.3 is 11.9 Å². The molecule has 96 valence electrons. The van der Waals surface area contributed by atoms with Crippen LogP contribution in [0, 0.1) is 0 Å². The normalized spacial score (nSPS) is 19.8. The van der Waals surface area contributed by atoms with Gasteiger partial charge in [-0.25, -0.2) is 5.43 Å². The van der Waals surface area contributed by atoms with Crippen molar-refractivity contribution in [1.82, 2.24) is 10.4 Å². The quantitative estimate of drug-likeness (QED) is 0.648. The number of hydrogen-bond acceptors (Lipinski definition) is 5. The second-order valence-electron chi connectivity index (χ2n) is 3.79. The van der Waals surface area contributed by atoms with Crippen molar-refractivity contribution in [2.45, 2.75) is 31.7 Å². The molecule has 1 aliphatic heterocycles. The Hall–Kier alpha value is -1.63. The fraction of sp³-hybridized carbons (Fsp3) is 0.700. The molecule has 7 heteroatoms. The third-order valence-electron chi connectivity index (χ3n) is 2.53. The number of amides is 1. The molecule has 0 saturated carbocycles. The van der Waals surface area contributed by atoms with E-state index in [-0.39, 0.29) is 18.7 Å². The van der Waals surface area contributed by atoms with E-state index in [1.165, 1.54) is 12.1 Å². The number of nitrogens with zero attached hydrogens (tertiary/aromatic N) is 1. The molecule has 2 N–H and O–H groups in total. The summed E-state index contributed by atoms with van der Waals surface area (Å²) in [5.41, 5.74) is 2.74. The van der Waals surface area contributed by atoms with Crippen LogP contribution in [0.4, 0.5) is 0 Å². The second kappa shape index (κ2) is 6.19. The molecule has 1 atom stereocenters. The van der Waals surface area contributed by atoms with Crippen LogP contribution in [0.2, 0.25) is 0 Å². The standard InChI is InChI=1S/C10H16N2O5/c1-17-10(16)7-3-2-6-12(11-7)8(13)4-5-9(14)15/h7,11H,2-6H2,1H3,(H,14,15). The van der Waals surface area contributed by atoms with E-state index in [2.05, 4.69) is 10.2 Å². The van der Waals surface area contributed by atoms with Crippen LogP contribution in [-0.4, -0.2) is 47.7 Å². The second-order valence-corrected chi connectivity index (χ2v) is 3.79. The maximum atomic E-state index is 11.6. The van der Waals surface area contributed by atoms with E-state index in [9.17, 15) is 14.4 Å². The number of nitrogens with one attached hydrogen (secondary N) is 1. The van der Waals surface area contributed by atoms with Crippen LogP contribution in [0.15, 0.2) is 0 Å². The molecule has 1 unspecified atom stereocenters. The number of esters is 1. The van der Waals surface area contributed by atoms with Crippen LogP contribution in [0.3, 0.4) is 0 Å². The largest absolute Gasteiger partial charge is 0.481 e. The lowest BCUT2D eigenvalue weighted by Crippen LogP contribution is -2.55. The van der Waals surface area contributed by atoms with Crippen LogP contribution >= 0.6 is 0 Å². The fourth-order valence-electron chi connectivity index (χ4n) is 1.63. The molecule has 7 nitrogen and oxygen atoms in total. The molecule has 0 spiro atoms. The van der Waals surface area contributed by atoms with E-state index in [0.29, 0.717) is 19.4 Å². The maximum absolute atomic E-state index is 11.6. The molecule has 0 aromatic carbocycles. The van der Waals surface area contributed by atoms with Crippen LogP contribution in [-0.2, 0) is 19.1 Å². The van der Waals surface area contributed by atoms with Gasteiger partial charge in [-0.2, -0.15) is 0 Å². The average molecular weight is 244 g/mol. The average Bonchev–Trinajstić information content (AvgIpc) is 2.35. The first-order chi connectivity index (χ1) is 8.04. The van der Waals surface area contributed by atoms with Crippen LogP contribution in [0.5, 0.6) is 0 Å². The summed E-state index contributed by atoms with van der Waals surface area (Å²) < 4.78 is 4.58. The lowest BCUT2D eigenvalue weighted by molar-refractivity contribution is -0.150. The molecule has 1 rings (SSSR count). The van der Waals surface area contributed by atoms with E-state index in [1.54, 1.807) is 0 Å². The maximum Gasteiger partial charge on any atom is 0.324 e. The number of methoxy groups -OCH3 is 1. The van der Waals surface area contributed by atoms with Crippen molar-refractivity contribution >= 4 is 17.8 Å². The van der Waals surface area contributed by atoms with E-state index in [4.69, 9.17) is 5.11 Å². The van der Waals surface area contributed by atoms with Crippen LogP contribution in [0.1, 0.15) is 25.7 Å². The highest BCUT2D eigenvalue weighted by molar-refractivity contribution is 5.81. The molecule has 1 fully saturated rings. The Balaban J connectivity index is 2.45. The fourth-order valence-corrected chi connectivity index (χ4v) is 1.63. The number of carboxylic acids is 1. The topological polar surface area (TPSA) is 95.9 Å². The Labute approximate surface area is 98.7 Å². The molecule has 0 bridgehead atoms. The minimum Gasteiger partial charge on any atom is -0.481 e. The lowest BCUT2D eigenvalue weighted by Gasteiger charge is -2.32. The Morgan fingerprint density at radius 1 is 1.41 bits per heavy atom. The van der Waals surface area contributed by atoms with Crippen molar-refractivity contribution < 1.29 is 24.2 Å². The first-order valence-corrected chi connectivity index (χ1v) is 5.40. The van der Waals surface area contributed by atoms with Gasteiger partial charge in [-0.1, -0.05) is 0 Å². The Morgan fingerprint density at radius 2 is 2.12 bits per heavy atom. The Bertz CT molecular complexity index is 318. The summed E-state index contributed by atoms with van der Waals surface area (Å²) >= 11 is 0. The van der Waals surface area contributed by atoms with Crippen molar-refractivity contribution in [1.29, 1.82) is 0 Å². The minimum atomic E-state index is -1.01. The number of carboxylic acid groups (broad SMARTS) is 1. The van der Waals surface area contributed by atoms with Gasteiger partial charge in [-0.15, -0.1) is 0 Å². The zero-order valence-electron chi connectivity index (χ0n) is 9.64. The highest BCUT2D eigenvalue weighted by Gasteiger charge is 2.28. The number of hydrazine groups is 1. The molecule has 17 heavy (non-hydrogen) atoms. The first-order valence-electron chi connectivity index (χ1n) is 5.40. The van der Waals surface area contributed by atoms with E-state index in [1.807, 2.05) is 0 Å². The Morgan fingerprint density at radius 3 is 2.71 bits per heavy atom. The molecule has 0 aliphatic carbocycles. The van der Waals surface area contributed by atoms with Crippen molar-refractivity contribution in [3.8, 4) is 0 Å². The minimum absolute atomic E-state index is 0.0732. The van der Waals surface area contributed by atoms with Gasteiger partial charge in [0.2, 0.25) is 5.91 Å². The summed E-state index contributed by atoms with van der Waals surface area (Å²) in [6.45, 7) is 0.478. The van der Waals surface area contributed by atoms with Crippen molar-refractivity contribution in [3.63, 3.8) is 0 Å². The predicted octanol–water partition coefficient (Wildman–Crippen LogP) is -0.480. The monoisotopic (exact) mass is 244 g/mol. The molecule has 0 aromatic heterocycles. The zero-order valence-corrected chi connectivity index (χ0v) is 9.64. The third-order valence-corrected chi connectivity index (χ3v) is 2.53. The number of ether oxygens (including phenoxy) is 1. The highest BCUT2D eigenvalue weighted by Crippen LogP contribution is 2.10. The summed E-state index contributed by atoms with van der Waals surface area (Å²) in [6, 6.07) is -0.525. The van der Waals surface area contributed by atoms with Gasteiger partial charge in [-0.3, -0.25) is 19.4 Å². The van der Waals surface area contributed by atoms with E-state index >= 15 is 0 Å². The van der Waals surface area contributed by atoms with Crippen LogP contribution in [0.25, 0.3) is 0 Å². The number of carbonyl (C=O) groups excluding carboxylic acids is 2. The SMILES string of the molecule is COC(=O)C1CCCN(C(=O)CCC(=O)O)N1. The summed E-state index contributed by atoms with van der Waals surface area (Å²) in [5, 5.41) is 9.77. The molecule has 0 radical (unpaired) electrons. The highest BCUT2D eigenvalue weighted by atomic mass is 16.5. The molecular formula is C10H16N2O5. The first kappa shape index (κ1) is 13.4. The van der Waals surface area contributed by atoms with Crippen LogP contribution < -0.4 is 5.43 Å². The predicted molar refractivity (Wildman–Crippen MR) is 56.8 cm³/mol. The van der Waals surface area contributed by atoms with Gasteiger partial charge in [0.15, 0.2) is 0 Å². The van der Waals surface area contributed by atoms with Gasteiger partial charge in [0.25, 0.3) is 0 Å². The van der Waals surface area contributed by atoms with Gasteiger partial charge in [-0.05, 0) is 12.8 Å². The van der Waals surface area contributed by atoms with Gasteiger partial charge in [0.05, 0.1) is 13.5 Å². The van der Waals surface area contributed by atoms with Gasteiger partial charge < -0.3 is 9.84 Å². The number of hydrogen-bond donors (Lipinski definition) is 2. The number of rotatable bonds is 4. The smallest absolute Gasteiger partial charge is 0.324 e. The molecular weight excluding hydrogens is 228 g/mol. The van der Waals surface area contributed by atoms with Gasteiger partial charge in [0.1, 0.15) is 6.04 Å². The van der Waals surface area contributed by atoms with Crippen molar-refractivity contribution in [3.05, 3.63) is 0 Å². The van der Waals surface area contributed by atoms with Crippen molar-refractivity contribution in [2.75, 3.05) is 13.7 Å². The summed E-state index contributed by atoms with van der Waals surface area (Å²) in [4.78, 5) is 33.2. The lowest BCUT2D eigenvalue weighted by atomic mass is 10.1. The molecule has 0 aromatic rings. The van der Waals surface area contributed by atoms with Gasteiger partial charge in [0, 0.05) is 13.0 Å². The number of carbonyl (C=O) groups is 3. The summed E-state index contributed by atoms with van der Waals surface area (Å²) in [5.74, 6) is -1.75. The summed E-state index contributed by atoms with van der Waals surface area (Å²) in [7, 11) is 1.29. The third kappa shape index (κ3) is 4.03. The summed E-state index contributed by atoms with van der Waals surface area (Å²) in [6.07, 6.45) is 1.01. The molecule has 1 amide bonds. The molecule has 1 saturated heterocycles. The van der Waals surface area contributed by atoms with E-state index < -0.39 is 18.0 Å².